The minimum atomic E-state index is -3.96. The molecule has 8 nitrogen and oxygen atoms in total. The second kappa shape index (κ2) is 4.35. The van der Waals surface area contributed by atoms with Crippen LogP contribution in [-0.4, -0.2) is 33.2 Å². The second-order valence-corrected chi connectivity index (χ2v) is 6.44. The van der Waals surface area contributed by atoms with E-state index in [0.29, 0.717) is 11.4 Å². The molecule has 0 fully saturated rings. The molecule has 0 unspecified atom stereocenters. The van der Waals surface area contributed by atoms with E-state index >= 15 is 0 Å². The van der Waals surface area contributed by atoms with E-state index < -0.39 is 15.6 Å². The van der Waals surface area contributed by atoms with E-state index in [1.54, 1.807) is 0 Å². The highest BCUT2D eigenvalue weighted by atomic mass is 32.2. The molecule has 0 aliphatic heterocycles. The maximum Gasteiger partial charge on any atom is 0.273 e. The van der Waals surface area contributed by atoms with Gasteiger partial charge in [0.05, 0.1) is 5.56 Å². The smallest absolute Gasteiger partial charge is 0.273 e. The first kappa shape index (κ1) is 13.6. The number of nitrogens with two attached hydrogens (primary N) is 1. The van der Waals surface area contributed by atoms with Crippen LogP contribution in [0.3, 0.4) is 0 Å². The molecule has 0 aliphatic rings. The third-order valence-electron chi connectivity index (χ3n) is 2.38. The summed E-state index contributed by atoms with van der Waals surface area (Å²) in [6.45, 7) is 5.50. The highest BCUT2D eigenvalue weighted by molar-refractivity contribution is 7.89. The molecule has 0 saturated carbocycles. The summed E-state index contributed by atoms with van der Waals surface area (Å²) < 4.78 is 24.6. The van der Waals surface area contributed by atoms with Gasteiger partial charge in [0.25, 0.3) is 15.2 Å². The third kappa shape index (κ3) is 2.61. The van der Waals surface area contributed by atoms with Gasteiger partial charge in [-0.3, -0.25) is 4.57 Å². The lowest BCUT2D eigenvalue weighted by molar-refractivity contribution is 0.366. The van der Waals surface area contributed by atoms with E-state index in [9.17, 15) is 8.42 Å². The molecule has 2 aromatic heterocycles. The molecular formula is C10H14N6O2S. The molecule has 2 rings (SSSR count). The molecule has 0 aliphatic carbocycles. The molecule has 2 N–H and O–H groups in total. The summed E-state index contributed by atoms with van der Waals surface area (Å²) in [6.07, 6.45) is 4.44. The van der Waals surface area contributed by atoms with Crippen LogP contribution in [0.25, 0.3) is 11.4 Å². The lowest BCUT2D eigenvalue weighted by Gasteiger charge is -2.24. The number of primary sulfonamides is 1. The molecular weight excluding hydrogens is 268 g/mol. The van der Waals surface area contributed by atoms with Crippen molar-refractivity contribution in [2.45, 2.75) is 31.5 Å². The molecule has 0 atom stereocenters. The van der Waals surface area contributed by atoms with Crippen molar-refractivity contribution >= 4 is 10.0 Å². The Kier molecular flexibility index (Phi) is 3.11. The Balaban J connectivity index is 2.75. The highest BCUT2D eigenvalue weighted by Crippen LogP contribution is 2.26. The van der Waals surface area contributed by atoms with E-state index in [0.717, 1.165) is 0 Å². The maximum absolute atomic E-state index is 11.6. The number of hydrogen-bond donors (Lipinski definition) is 1. The quantitative estimate of drug-likeness (QED) is 0.837. The van der Waals surface area contributed by atoms with Crippen LogP contribution in [0, 0.1) is 0 Å². The zero-order chi connectivity index (χ0) is 14.3. The van der Waals surface area contributed by atoms with Crippen molar-refractivity contribution in [3.05, 3.63) is 18.7 Å². The predicted molar refractivity (Wildman–Crippen MR) is 67.4 cm³/mol. The fraction of sp³-hybridized carbons (Fsp3) is 0.400. The van der Waals surface area contributed by atoms with Crippen molar-refractivity contribution in [2.24, 2.45) is 5.14 Å². The number of rotatable bonds is 2. The van der Waals surface area contributed by atoms with Crippen molar-refractivity contribution in [1.82, 2.24) is 24.7 Å². The molecule has 0 aromatic carbocycles. The van der Waals surface area contributed by atoms with E-state index in [1.165, 1.54) is 23.3 Å². The third-order valence-corrected chi connectivity index (χ3v) is 3.15. The standard InChI is InChI=1S/C10H14N6O2S/c1-10(2,3)16-8(7-4-12-6-13-5-7)14-15-9(16)19(11,17)18/h4-6H,1-3H3,(H2,11,17,18). The van der Waals surface area contributed by atoms with Gasteiger partial charge in [0.2, 0.25) is 0 Å². The van der Waals surface area contributed by atoms with Crippen LogP contribution in [0.15, 0.2) is 23.9 Å². The Hall–Kier alpha value is -1.87. The Morgan fingerprint density at radius 1 is 1.16 bits per heavy atom. The zero-order valence-corrected chi connectivity index (χ0v) is 11.6. The van der Waals surface area contributed by atoms with Gasteiger partial charge in [0, 0.05) is 17.9 Å². The summed E-state index contributed by atoms with van der Waals surface area (Å²) in [5.74, 6) is 0.358. The summed E-state index contributed by atoms with van der Waals surface area (Å²) in [7, 11) is -3.96. The lowest BCUT2D eigenvalue weighted by atomic mass is 10.1. The molecule has 0 radical (unpaired) electrons. The van der Waals surface area contributed by atoms with Crippen LogP contribution in [0.5, 0.6) is 0 Å². The first-order valence-electron chi connectivity index (χ1n) is 5.45. The number of sulfonamides is 1. The van der Waals surface area contributed by atoms with E-state index in [1.807, 2.05) is 20.8 Å². The number of aromatic nitrogens is 5. The minimum Gasteiger partial charge on any atom is -0.291 e. The first-order valence-corrected chi connectivity index (χ1v) is 7.00. The predicted octanol–water partition coefficient (Wildman–Crippen LogP) is 0.138. The molecule has 102 valence electrons. The monoisotopic (exact) mass is 282 g/mol. The Bertz CT molecular complexity index is 687. The van der Waals surface area contributed by atoms with Crippen LogP contribution in [0.4, 0.5) is 0 Å². The van der Waals surface area contributed by atoms with Crippen molar-refractivity contribution in [3.63, 3.8) is 0 Å². The molecule has 19 heavy (non-hydrogen) atoms. The molecule has 9 heteroatoms. The van der Waals surface area contributed by atoms with E-state index in [-0.39, 0.29) is 5.16 Å². The van der Waals surface area contributed by atoms with Gasteiger partial charge < -0.3 is 0 Å². The van der Waals surface area contributed by atoms with Gasteiger partial charge in [-0.15, -0.1) is 10.2 Å². The summed E-state index contributed by atoms with van der Waals surface area (Å²) in [6, 6.07) is 0. The van der Waals surface area contributed by atoms with Gasteiger partial charge in [0.1, 0.15) is 6.33 Å². The van der Waals surface area contributed by atoms with Gasteiger partial charge in [0.15, 0.2) is 5.82 Å². The van der Waals surface area contributed by atoms with Gasteiger partial charge in [-0.25, -0.2) is 23.5 Å². The average Bonchev–Trinajstić information content (AvgIpc) is 2.74. The van der Waals surface area contributed by atoms with E-state index in [4.69, 9.17) is 5.14 Å². The number of nitrogens with zero attached hydrogens (tertiary/aromatic N) is 5. The summed E-state index contributed by atoms with van der Waals surface area (Å²) in [5, 5.41) is 12.5. The average molecular weight is 282 g/mol. The van der Waals surface area contributed by atoms with Crippen LogP contribution >= 0.6 is 0 Å². The Morgan fingerprint density at radius 2 is 1.74 bits per heavy atom. The van der Waals surface area contributed by atoms with Gasteiger partial charge in [-0.2, -0.15) is 0 Å². The van der Waals surface area contributed by atoms with Crippen LogP contribution < -0.4 is 5.14 Å². The Morgan fingerprint density at radius 3 is 2.21 bits per heavy atom. The van der Waals surface area contributed by atoms with Gasteiger partial charge in [-0.1, -0.05) is 0 Å². The second-order valence-electron chi connectivity index (χ2n) is 4.98. The molecule has 0 bridgehead atoms. The van der Waals surface area contributed by atoms with Crippen molar-refractivity contribution in [2.75, 3.05) is 0 Å². The fourth-order valence-corrected chi connectivity index (χ4v) is 2.43. The van der Waals surface area contributed by atoms with Crippen molar-refractivity contribution in [1.29, 1.82) is 0 Å². The van der Waals surface area contributed by atoms with Crippen LogP contribution in [0.1, 0.15) is 20.8 Å². The van der Waals surface area contributed by atoms with Crippen LogP contribution in [-0.2, 0) is 15.6 Å². The zero-order valence-electron chi connectivity index (χ0n) is 10.8. The van der Waals surface area contributed by atoms with Gasteiger partial charge >= 0.3 is 0 Å². The molecule has 0 saturated heterocycles. The fourth-order valence-electron chi connectivity index (χ4n) is 1.66. The largest absolute Gasteiger partial charge is 0.291 e. The van der Waals surface area contributed by atoms with Crippen molar-refractivity contribution < 1.29 is 8.42 Å². The maximum atomic E-state index is 11.6. The van der Waals surface area contributed by atoms with Crippen LogP contribution in [0.2, 0.25) is 0 Å². The molecule has 0 amide bonds. The first-order chi connectivity index (χ1) is 8.71. The van der Waals surface area contributed by atoms with E-state index in [2.05, 4.69) is 20.2 Å². The minimum absolute atomic E-state index is 0.279. The molecule has 0 spiro atoms. The number of hydrogen-bond acceptors (Lipinski definition) is 6. The topological polar surface area (TPSA) is 117 Å². The summed E-state index contributed by atoms with van der Waals surface area (Å²) >= 11 is 0. The molecule has 2 aromatic rings. The van der Waals surface area contributed by atoms with Crippen molar-refractivity contribution in [3.8, 4) is 11.4 Å². The molecule has 2 heterocycles. The summed E-state index contributed by atoms with van der Waals surface area (Å²) in [4.78, 5) is 7.77. The SMILES string of the molecule is CC(C)(C)n1c(-c2cncnc2)nnc1S(N)(=O)=O. The normalized spacial score (nSPS) is 12.6. The highest BCUT2D eigenvalue weighted by Gasteiger charge is 2.29. The Labute approximate surface area is 110 Å². The summed E-state index contributed by atoms with van der Waals surface area (Å²) in [5.41, 5.74) is 0.0102. The lowest BCUT2D eigenvalue weighted by Crippen LogP contribution is -2.29. The van der Waals surface area contributed by atoms with Gasteiger partial charge in [-0.05, 0) is 20.8 Å².